The third-order valence-corrected chi connectivity index (χ3v) is 3.57. The summed E-state index contributed by atoms with van der Waals surface area (Å²) in [6.07, 6.45) is 1.95. The van der Waals surface area contributed by atoms with Gasteiger partial charge in [-0.15, -0.1) is 0 Å². The summed E-state index contributed by atoms with van der Waals surface area (Å²) in [6, 6.07) is 2.84. The number of rotatable bonds is 7. The maximum atomic E-state index is 13.7. The molecule has 1 heterocycles. The number of anilines is 2. The van der Waals surface area contributed by atoms with Crippen molar-refractivity contribution in [2.24, 2.45) is 0 Å². The number of sulfonamides is 1. The number of amides is 2. The first-order valence-electron chi connectivity index (χ1n) is 7.40. The summed E-state index contributed by atoms with van der Waals surface area (Å²) in [5.41, 5.74) is -0.0166. The third kappa shape index (κ3) is 6.03. The van der Waals surface area contributed by atoms with Gasteiger partial charge in [0.15, 0.2) is 5.82 Å². The van der Waals surface area contributed by atoms with Gasteiger partial charge in [-0.2, -0.15) is 4.98 Å². The number of hydrogen-bond donors (Lipinski definition) is 3. The maximum Gasteiger partial charge on any atom is 0.319 e. The lowest BCUT2D eigenvalue weighted by molar-refractivity contribution is 0.252. The number of aromatic nitrogens is 2. The van der Waals surface area contributed by atoms with Gasteiger partial charge in [-0.05, 0) is 18.2 Å². The van der Waals surface area contributed by atoms with Crippen LogP contribution in [-0.4, -0.2) is 37.4 Å². The lowest BCUT2D eigenvalue weighted by Crippen LogP contribution is -2.31. The lowest BCUT2D eigenvalue weighted by atomic mass is 10.2. The van der Waals surface area contributed by atoms with Crippen LogP contribution in [0.3, 0.4) is 0 Å². The average Bonchev–Trinajstić information content (AvgIpc) is 2.97. The Kier molecular flexibility index (Phi) is 5.91. The second kappa shape index (κ2) is 7.92. The predicted octanol–water partition coefficient (Wildman–Crippen LogP) is 1.51. The van der Waals surface area contributed by atoms with Crippen LogP contribution in [0, 0.1) is 5.82 Å². The molecule has 9 nitrogen and oxygen atoms in total. The summed E-state index contributed by atoms with van der Waals surface area (Å²) in [6.45, 7) is 2.10. The van der Waals surface area contributed by atoms with Crippen LogP contribution in [-0.2, 0) is 22.9 Å². The third-order valence-electron chi connectivity index (χ3n) is 2.96. The van der Waals surface area contributed by atoms with Gasteiger partial charge >= 0.3 is 6.03 Å². The Morgan fingerprint density at radius 3 is 2.76 bits per heavy atom. The van der Waals surface area contributed by atoms with Gasteiger partial charge in [0.25, 0.3) is 0 Å². The standard InChI is InChI=1S/C14H18FN5O4S/c1-3-13-18-12(19-24-13)6-7-16-14(21)17-11-8-9(4-5-10(11)15)20-25(2,22)23/h4-5,8,20H,3,6-7H2,1-2H3,(H2,16,17,21). The minimum Gasteiger partial charge on any atom is -0.339 e. The van der Waals surface area contributed by atoms with Crippen molar-refractivity contribution in [1.29, 1.82) is 0 Å². The molecule has 136 valence electrons. The smallest absolute Gasteiger partial charge is 0.319 e. The first-order chi connectivity index (χ1) is 11.8. The maximum absolute atomic E-state index is 13.7. The number of urea groups is 1. The molecule has 0 saturated heterocycles. The molecule has 0 aliphatic rings. The molecule has 11 heteroatoms. The SMILES string of the molecule is CCc1nc(CCNC(=O)Nc2cc(NS(C)(=O)=O)ccc2F)no1. The van der Waals surface area contributed by atoms with Crippen LogP contribution in [0.5, 0.6) is 0 Å². The highest BCUT2D eigenvalue weighted by molar-refractivity contribution is 7.92. The molecule has 0 bridgehead atoms. The topological polar surface area (TPSA) is 126 Å². The van der Waals surface area contributed by atoms with E-state index in [4.69, 9.17) is 4.52 Å². The number of aryl methyl sites for hydroxylation is 1. The van der Waals surface area contributed by atoms with E-state index < -0.39 is 21.9 Å². The van der Waals surface area contributed by atoms with Gasteiger partial charge in [-0.25, -0.2) is 17.6 Å². The Hall–Kier alpha value is -2.69. The number of carbonyl (C=O) groups excluding carboxylic acids is 1. The Bertz CT molecular complexity index is 853. The van der Waals surface area contributed by atoms with Gasteiger partial charge < -0.3 is 15.2 Å². The molecule has 0 spiro atoms. The van der Waals surface area contributed by atoms with Crippen molar-refractivity contribution in [3.05, 3.63) is 35.7 Å². The Morgan fingerprint density at radius 2 is 2.12 bits per heavy atom. The Balaban J connectivity index is 1.90. The molecule has 1 aromatic heterocycles. The van der Waals surface area contributed by atoms with Gasteiger partial charge in [-0.1, -0.05) is 12.1 Å². The van der Waals surface area contributed by atoms with E-state index in [1.54, 1.807) is 0 Å². The fourth-order valence-corrected chi connectivity index (χ4v) is 2.44. The molecule has 0 atom stereocenters. The molecule has 0 radical (unpaired) electrons. The summed E-state index contributed by atoms with van der Waals surface area (Å²) in [5.74, 6) is 0.277. The van der Waals surface area contributed by atoms with Gasteiger partial charge in [-0.3, -0.25) is 4.72 Å². The van der Waals surface area contributed by atoms with Crippen LogP contribution in [0.15, 0.2) is 22.7 Å². The monoisotopic (exact) mass is 371 g/mol. The van der Waals surface area contributed by atoms with Crippen LogP contribution >= 0.6 is 0 Å². The molecule has 0 aliphatic heterocycles. The second-order valence-corrected chi connectivity index (χ2v) is 6.91. The summed E-state index contributed by atoms with van der Waals surface area (Å²) in [4.78, 5) is 15.9. The molecule has 25 heavy (non-hydrogen) atoms. The van der Waals surface area contributed by atoms with E-state index in [-0.39, 0.29) is 17.9 Å². The van der Waals surface area contributed by atoms with E-state index in [1.165, 1.54) is 12.1 Å². The first kappa shape index (κ1) is 18.6. The van der Waals surface area contributed by atoms with Gasteiger partial charge in [0.05, 0.1) is 17.6 Å². The Morgan fingerprint density at radius 1 is 1.36 bits per heavy atom. The highest BCUT2D eigenvalue weighted by Gasteiger charge is 2.10. The number of nitrogens with zero attached hydrogens (tertiary/aromatic N) is 2. The van der Waals surface area contributed by atoms with E-state index in [9.17, 15) is 17.6 Å². The molecule has 2 amide bonds. The van der Waals surface area contributed by atoms with E-state index in [0.29, 0.717) is 24.6 Å². The van der Waals surface area contributed by atoms with Gasteiger partial charge in [0.2, 0.25) is 15.9 Å². The van der Waals surface area contributed by atoms with Crippen LogP contribution in [0.2, 0.25) is 0 Å². The summed E-state index contributed by atoms with van der Waals surface area (Å²) < 4.78 is 43.3. The molecule has 2 rings (SSSR count). The van der Waals surface area contributed by atoms with Crippen molar-refractivity contribution in [3.8, 4) is 0 Å². The van der Waals surface area contributed by atoms with E-state index in [1.807, 2.05) is 6.92 Å². The number of benzene rings is 1. The van der Waals surface area contributed by atoms with Crippen molar-refractivity contribution < 1.29 is 22.1 Å². The minimum absolute atomic E-state index is 0.137. The fraction of sp³-hybridized carbons (Fsp3) is 0.357. The fourth-order valence-electron chi connectivity index (χ4n) is 1.89. The largest absolute Gasteiger partial charge is 0.339 e. The van der Waals surface area contributed by atoms with Crippen molar-refractivity contribution in [1.82, 2.24) is 15.5 Å². The molecule has 3 N–H and O–H groups in total. The molecular formula is C14H18FN5O4S. The second-order valence-electron chi connectivity index (χ2n) is 5.16. The number of hydrogen-bond acceptors (Lipinski definition) is 6. The Labute approximate surface area is 144 Å². The van der Waals surface area contributed by atoms with Crippen LogP contribution < -0.4 is 15.4 Å². The zero-order valence-corrected chi connectivity index (χ0v) is 14.5. The summed E-state index contributed by atoms with van der Waals surface area (Å²) in [7, 11) is -3.50. The van der Waals surface area contributed by atoms with Crippen molar-refractivity contribution in [2.75, 3.05) is 22.8 Å². The van der Waals surface area contributed by atoms with Crippen LogP contribution in [0.4, 0.5) is 20.6 Å². The molecule has 2 aromatic rings. The molecule has 0 fully saturated rings. The van der Waals surface area contributed by atoms with E-state index >= 15 is 0 Å². The average molecular weight is 371 g/mol. The number of nitrogens with one attached hydrogen (secondary N) is 3. The van der Waals surface area contributed by atoms with E-state index in [0.717, 1.165) is 12.3 Å². The van der Waals surface area contributed by atoms with Crippen molar-refractivity contribution in [3.63, 3.8) is 0 Å². The normalized spacial score (nSPS) is 11.2. The molecule has 0 unspecified atom stereocenters. The first-order valence-corrected chi connectivity index (χ1v) is 9.29. The predicted molar refractivity (Wildman–Crippen MR) is 89.3 cm³/mol. The van der Waals surface area contributed by atoms with Crippen LogP contribution in [0.1, 0.15) is 18.6 Å². The molecule has 0 aliphatic carbocycles. The molecule has 0 saturated carbocycles. The van der Waals surface area contributed by atoms with Gasteiger partial charge in [0.1, 0.15) is 5.82 Å². The zero-order chi connectivity index (χ0) is 18.4. The molecule has 1 aromatic carbocycles. The number of halogens is 1. The summed E-state index contributed by atoms with van der Waals surface area (Å²) in [5, 5.41) is 8.58. The lowest BCUT2D eigenvalue weighted by Gasteiger charge is -2.10. The number of carbonyl (C=O) groups is 1. The van der Waals surface area contributed by atoms with E-state index in [2.05, 4.69) is 25.5 Å². The van der Waals surface area contributed by atoms with Crippen molar-refractivity contribution >= 4 is 27.4 Å². The van der Waals surface area contributed by atoms with Crippen molar-refractivity contribution in [2.45, 2.75) is 19.8 Å². The molecular weight excluding hydrogens is 353 g/mol. The summed E-state index contributed by atoms with van der Waals surface area (Å²) >= 11 is 0. The highest BCUT2D eigenvalue weighted by atomic mass is 32.2. The zero-order valence-electron chi connectivity index (χ0n) is 13.7. The quantitative estimate of drug-likeness (QED) is 0.677. The van der Waals surface area contributed by atoms with Gasteiger partial charge in [0, 0.05) is 19.4 Å². The minimum atomic E-state index is -3.50. The van der Waals surface area contributed by atoms with Crippen LogP contribution in [0.25, 0.3) is 0 Å². The highest BCUT2D eigenvalue weighted by Crippen LogP contribution is 2.20.